The van der Waals surface area contributed by atoms with Crippen molar-refractivity contribution in [2.75, 3.05) is 0 Å². The monoisotopic (exact) mass is 268 g/mol. The fraction of sp³-hybridized carbons (Fsp3) is 0.714. The van der Waals surface area contributed by atoms with E-state index in [0.717, 1.165) is 0 Å². The highest BCUT2D eigenvalue weighted by atomic mass is 16.4. The summed E-state index contributed by atoms with van der Waals surface area (Å²) in [7, 11) is 0. The molecule has 0 spiro atoms. The summed E-state index contributed by atoms with van der Waals surface area (Å²) >= 11 is 0. The second-order valence-corrected chi connectivity index (χ2v) is 6.00. The van der Waals surface area contributed by atoms with Crippen LogP contribution in [0.25, 0.3) is 0 Å². The van der Waals surface area contributed by atoms with Gasteiger partial charge < -0.3 is 5.11 Å². The predicted molar refractivity (Wildman–Crippen MR) is 67.4 cm³/mol. The number of ketones is 3. The Balaban J connectivity index is 3.50. The van der Waals surface area contributed by atoms with Gasteiger partial charge in [0, 0.05) is 17.8 Å². The molecule has 5 heteroatoms. The van der Waals surface area contributed by atoms with Crippen LogP contribution in [0.3, 0.4) is 0 Å². The number of carboxylic acids is 1. The molecule has 1 fully saturated rings. The molecule has 0 aliphatic heterocycles. The molecule has 0 amide bonds. The summed E-state index contributed by atoms with van der Waals surface area (Å²) in [5.41, 5.74) is -0.822. The SMILES string of the molecule is CC(=O)C1C(C(=O)O)C(C(C)=O)C(C)(C)[C@H]1C(C)=O. The minimum atomic E-state index is -1.18. The molecule has 4 atom stereocenters. The van der Waals surface area contributed by atoms with Crippen LogP contribution in [0.4, 0.5) is 0 Å². The zero-order chi connectivity index (χ0) is 15.1. The second kappa shape index (κ2) is 4.87. The molecule has 0 bridgehead atoms. The maximum absolute atomic E-state index is 11.9. The number of hydrogen-bond acceptors (Lipinski definition) is 4. The van der Waals surface area contributed by atoms with Crippen LogP contribution in [0.2, 0.25) is 0 Å². The van der Waals surface area contributed by atoms with Gasteiger partial charge in [-0.1, -0.05) is 13.8 Å². The molecule has 1 rings (SSSR count). The van der Waals surface area contributed by atoms with Crippen LogP contribution in [-0.2, 0) is 19.2 Å². The standard InChI is InChI=1S/C14H20O5/c1-6(15)9-10(13(18)19)12(8(3)17)14(4,5)11(9)7(2)16/h9-12H,1-5H3,(H,18,19)/t9?,10?,11-,12?/m0/s1. The highest BCUT2D eigenvalue weighted by Crippen LogP contribution is 2.55. The number of carbonyl (C=O) groups excluding carboxylic acids is 3. The van der Waals surface area contributed by atoms with Crippen molar-refractivity contribution in [3.8, 4) is 0 Å². The van der Waals surface area contributed by atoms with Gasteiger partial charge >= 0.3 is 5.97 Å². The summed E-state index contributed by atoms with van der Waals surface area (Å²) in [6.45, 7) is 7.36. The number of rotatable bonds is 4. The molecule has 1 saturated carbocycles. The summed E-state index contributed by atoms with van der Waals surface area (Å²) in [6.07, 6.45) is 0. The second-order valence-electron chi connectivity index (χ2n) is 6.00. The predicted octanol–water partition coefficient (Wildman–Crippen LogP) is 1.34. The lowest BCUT2D eigenvalue weighted by Crippen LogP contribution is -2.35. The first kappa shape index (κ1) is 15.5. The highest BCUT2D eigenvalue weighted by molar-refractivity contribution is 5.97. The van der Waals surface area contributed by atoms with Gasteiger partial charge in [0.1, 0.15) is 17.3 Å². The fourth-order valence-corrected chi connectivity index (χ4v) is 3.87. The number of Topliss-reactive ketones (excluding diaryl/α,β-unsaturated/α-hetero) is 3. The first-order valence-electron chi connectivity index (χ1n) is 6.27. The Bertz CT molecular complexity index is 409. The van der Waals surface area contributed by atoms with Crippen molar-refractivity contribution >= 4 is 23.3 Å². The largest absolute Gasteiger partial charge is 0.481 e. The Morgan fingerprint density at radius 1 is 0.789 bits per heavy atom. The normalized spacial score (nSPS) is 32.9. The quantitative estimate of drug-likeness (QED) is 0.831. The minimum absolute atomic E-state index is 0.236. The van der Waals surface area contributed by atoms with Crippen molar-refractivity contribution in [2.45, 2.75) is 34.6 Å². The van der Waals surface area contributed by atoms with Crippen LogP contribution in [0.1, 0.15) is 34.6 Å². The first-order valence-corrected chi connectivity index (χ1v) is 6.27. The molecular weight excluding hydrogens is 248 g/mol. The summed E-state index contributed by atoms with van der Waals surface area (Å²) in [6, 6.07) is 0. The Morgan fingerprint density at radius 2 is 1.16 bits per heavy atom. The van der Waals surface area contributed by atoms with Crippen molar-refractivity contribution in [1.82, 2.24) is 0 Å². The average Bonchev–Trinajstić information content (AvgIpc) is 2.45. The Morgan fingerprint density at radius 3 is 1.42 bits per heavy atom. The summed E-state index contributed by atoms with van der Waals surface area (Å²) in [5.74, 6) is -5.61. The third kappa shape index (κ3) is 2.33. The molecule has 0 radical (unpaired) electrons. The van der Waals surface area contributed by atoms with E-state index in [0.29, 0.717) is 0 Å². The van der Waals surface area contributed by atoms with E-state index in [1.165, 1.54) is 20.8 Å². The molecule has 0 aromatic heterocycles. The van der Waals surface area contributed by atoms with Gasteiger partial charge in [-0.15, -0.1) is 0 Å². The fourth-order valence-electron chi connectivity index (χ4n) is 3.87. The topological polar surface area (TPSA) is 88.5 Å². The maximum atomic E-state index is 11.9. The lowest BCUT2D eigenvalue weighted by atomic mass is 9.71. The molecule has 5 nitrogen and oxygen atoms in total. The molecule has 0 aromatic rings. The lowest BCUT2D eigenvalue weighted by Gasteiger charge is -2.31. The summed E-state index contributed by atoms with van der Waals surface area (Å²) in [4.78, 5) is 47.0. The van der Waals surface area contributed by atoms with Crippen LogP contribution >= 0.6 is 0 Å². The van der Waals surface area contributed by atoms with Gasteiger partial charge in [-0.25, -0.2) is 0 Å². The van der Waals surface area contributed by atoms with E-state index in [2.05, 4.69) is 0 Å². The third-order valence-corrected chi connectivity index (χ3v) is 4.34. The Kier molecular flexibility index (Phi) is 3.98. The minimum Gasteiger partial charge on any atom is -0.481 e. The molecule has 1 aliphatic carbocycles. The van der Waals surface area contributed by atoms with Crippen molar-refractivity contribution in [3.63, 3.8) is 0 Å². The molecule has 0 aromatic carbocycles. The highest BCUT2D eigenvalue weighted by Gasteiger charge is 2.62. The molecule has 19 heavy (non-hydrogen) atoms. The lowest BCUT2D eigenvalue weighted by molar-refractivity contribution is -0.150. The summed E-state index contributed by atoms with van der Waals surface area (Å²) in [5, 5.41) is 9.37. The molecule has 1 N–H and O–H groups in total. The Hall–Kier alpha value is -1.52. The smallest absolute Gasteiger partial charge is 0.308 e. The molecule has 0 saturated heterocycles. The van der Waals surface area contributed by atoms with Gasteiger partial charge in [-0.2, -0.15) is 0 Å². The molecule has 3 unspecified atom stereocenters. The first-order chi connectivity index (χ1) is 8.53. The van der Waals surface area contributed by atoms with Gasteiger partial charge in [0.25, 0.3) is 0 Å². The van der Waals surface area contributed by atoms with Crippen LogP contribution in [0, 0.1) is 29.1 Å². The molecule has 106 valence electrons. The number of hydrogen-bond donors (Lipinski definition) is 1. The zero-order valence-corrected chi connectivity index (χ0v) is 11.9. The van der Waals surface area contributed by atoms with Crippen LogP contribution in [0.5, 0.6) is 0 Å². The van der Waals surface area contributed by atoms with Gasteiger partial charge in [-0.05, 0) is 26.2 Å². The summed E-state index contributed by atoms with van der Waals surface area (Å²) < 4.78 is 0. The van der Waals surface area contributed by atoms with E-state index in [9.17, 15) is 24.3 Å². The van der Waals surface area contributed by atoms with Crippen LogP contribution in [0.15, 0.2) is 0 Å². The van der Waals surface area contributed by atoms with Crippen molar-refractivity contribution in [1.29, 1.82) is 0 Å². The van der Waals surface area contributed by atoms with E-state index in [4.69, 9.17) is 0 Å². The van der Waals surface area contributed by atoms with Crippen LogP contribution < -0.4 is 0 Å². The van der Waals surface area contributed by atoms with E-state index in [1.807, 2.05) is 0 Å². The van der Waals surface area contributed by atoms with E-state index in [1.54, 1.807) is 13.8 Å². The molecule has 0 heterocycles. The van der Waals surface area contributed by atoms with Gasteiger partial charge in [0.2, 0.25) is 0 Å². The van der Waals surface area contributed by atoms with Crippen molar-refractivity contribution in [2.24, 2.45) is 29.1 Å². The maximum Gasteiger partial charge on any atom is 0.308 e. The van der Waals surface area contributed by atoms with E-state index in [-0.39, 0.29) is 17.3 Å². The van der Waals surface area contributed by atoms with Gasteiger partial charge in [0.15, 0.2) is 0 Å². The molecular formula is C14H20O5. The number of carboxylic acid groups (broad SMARTS) is 1. The number of aliphatic carboxylic acids is 1. The Labute approximate surface area is 112 Å². The van der Waals surface area contributed by atoms with Crippen molar-refractivity contribution < 1.29 is 24.3 Å². The zero-order valence-electron chi connectivity index (χ0n) is 11.9. The average molecular weight is 268 g/mol. The number of carbonyl (C=O) groups is 4. The van der Waals surface area contributed by atoms with Gasteiger partial charge in [-0.3, -0.25) is 19.2 Å². The van der Waals surface area contributed by atoms with Crippen molar-refractivity contribution in [3.05, 3.63) is 0 Å². The third-order valence-electron chi connectivity index (χ3n) is 4.34. The van der Waals surface area contributed by atoms with E-state index >= 15 is 0 Å². The van der Waals surface area contributed by atoms with Crippen LogP contribution in [-0.4, -0.2) is 28.4 Å². The van der Waals surface area contributed by atoms with Gasteiger partial charge in [0.05, 0.1) is 5.92 Å². The van der Waals surface area contributed by atoms with E-state index < -0.39 is 35.1 Å². The molecule has 1 aliphatic rings.